The van der Waals surface area contributed by atoms with Gasteiger partial charge in [0.1, 0.15) is 0 Å². The molecular weight excluding hydrogens is 126 g/mol. The summed E-state index contributed by atoms with van der Waals surface area (Å²) in [5, 5.41) is 0. The van der Waals surface area contributed by atoms with E-state index in [-0.39, 0.29) is 5.91 Å². The maximum Gasteiger partial charge on any atom is 0.223 e. The van der Waals surface area contributed by atoms with Crippen molar-refractivity contribution in [2.45, 2.75) is 12.8 Å². The van der Waals surface area contributed by atoms with Crippen LogP contribution in [0.25, 0.3) is 0 Å². The van der Waals surface area contributed by atoms with Gasteiger partial charge in [-0.1, -0.05) is 0 Å². The van der Waals surface area contributed by atoms with E-state index in [0.29, 0.717) is 12.8 Å². The van der Waals surface area contributed by atoms with Crippen LogP contribution in [0.15, 0.2) is 0 Å². The van der Waals surface area contributed by atoms with Gasteiger partial charge in [0.2, 0.25) is 5.91 Å². The molecule has 55 valence electrons. The molecule has 0 fully saturated rings. The van der Waals surface area contributed by atoms with Gasteiger partial charge < -0.3 is 4.90 Å². The van der Waals surface area contributed by atoms with Crippen LogP contribution in [-0.2, 0) is 4.79 Å². The van der Waals surface area contributed by atoms with Crippen molar-refractivity contribution >= 4 is 5.91 Å². The van der Waals surface area contributed by atoms with Gasteiger partial charge in [-0.15, -0.1) is 11.8 Å². The van der Waals surface area contributed by atoms with Crippen LogP contribution in [0.2, 0.25) is 0 Å². The molecule has 0 aliphatic rings. The molecule has 0 unspecified atom stereocenters. The fourth-order valence-electron chi connectivity index (χ4n) is 0.481. The summed E-state index contributed by atoms with van der Waals surface area (Å²) >= 11 is 0. The standard InChI is InChI=1S/C8H12NO/c1-4-5-6-7-8(10)9(2)3/h1,6-7H2,2-3H3. The third-order valence-electron chi connectivity index (χ3n) is 1.09. The van der Waals surface area contributed by atoms with E-state index in [2.05, 4.69) is 18.8 Å². The van der Waals surface area contributed by atoms with E-state index in [1.807, 2.05) is 0 Å². The first-order chi connectivity index (χ1) is 4.68. The van der Waals surface area contributed by atoms with Crippen LogP contribution in [0.5, 0.6) is 0 Å². The number of hydrogen-bond acceptors (Lipinski definition) is 1. The molecule has 0 bridgehead atoms. The van der Waals surface area contributed by atoms with E-state index >= 15 is 0 Å². The third-order valence-corrected chi connectivity index (χ3v) is 1.09. The molecule has 1 amide bonds. The lowest BCUT2D eigenvalue weighted by Gasteiger charge is -2.07. The summed E-state index contributed by atoms with van der Waals surface area (Å²) in [6.45, 7) is 3.34. The quantitative estimate of drug-likeness (QED) is 0.514. The van der Waals surface area contributed by atoms with Gasteiger partial charge >= 0.3 is 0 Å². The molecular formula is C8H12NO. The SMILES string of the molecule is [CH2]C#CCCC(=O)N(C)C. The van der Waals surface area contributed by atoms with Gasteiger partial charge in [0, 0.05) is 33.9 Å². The Hall–Kier alpha value is -0.970. The van der Waals surface area contributed by atoms with Gasteiger partial charge in [0.05, 0.1) is 0 Å². The summed E-state index contributed by atoms with van der Waals surface area (Å²) in [4.78, 5) is 12.4. The van der Waals surface area contributed by atoms with Crippen molar-refractivity contribution in [3.8, 4) is 11.8 Å². The lowest BCUT2D eigenvalue weighted by Crippen LogP contribution is -2.20. The van der Waals surface area contributed by atoms with Crippen LogP contribution in [0, 0.1) is 18.8 Å². The highest BCUT2D eigenvalue weighted by Gasteiger charge is 1.99. The Bertz CT molecular complexity index is 162. The highest BCUT2D eigenvalue weighted by molar-refractivity contribution is 5.75. The van der Waals surface area contributed by atoms with Gasteiger partial charge in [0.25, 0.3) is 0 Å². The summed E-state index contributed by atoms with van der Waals surface area (Å²) in [5.41, 5.74) is 0. The number of amides is 1. The molecule has 2 nitrogen and oxygen atoms in total. The summed E-state index contributed by atoms with van der Waals surface area (Å²) in [5.74, 6) is 5.33. The maximum absolute atomic E-state index is 10.9. The fraction of sp³-hybridized carbons (Fsp3) is 0.500. The Kier molecular flexibility index (Phi) is 4.39. The Morgan fingerprint density at radius 1 is 1.60 bits per heavy atom. The molecule has 0 aliphatic carbocycles. The minimum Gasteiger partial charge on any atom is -0.349 e. The molecule has 0 aliphatic heterocycles. The van der Waals surface area contributed by atoms with Crippen molar-refractivity contribution in [1.29, 1.82) is 0 Å². The molecule has 0 heterocycles. The highest BCUT2D eigenvalue weighted by atomic mass is 16.2. The van der Waals surface area contributed by atoms with Crippen molar-refractivity contribution in [2.75, 3.05) is 14.1 Å². The summed E-state index contributed by atoms with van der Waals surface area (Å²) in [6.07, 6.45) is 1.11. The van der Waals surface area contributed by atoms with Crippen LogP contribution in [0.1, 0.15) is 12.8 Å². The first-order valence-corrected chi connectivity index (χ1v) is 3.13. The van der Waals surface area contributed by atoms with Crippen molar-refractivity contribution in [2.24, 2.45) is 0 Å². The molecule has 0 aromatic carbocycles. The van der Waals surface area contributed by atoms with Gasteiger partial charge in [0.15, 0.2) is 0 Å². The Morgan fingerprint density at radius 2 is 2.20 bits per heavy atom. The number of nitrogens with zero attached hydrogens (tertiary/aromatic N) is 1. The third kappa shape index (κ3) is 3.96. The molecule has 0 spiro atoms. The molecule has 0 saturated carbocycles. The molecule has 0 atom stereocenters. The second-order valence-electron chi connectivity index (χ2n) is 2.14. The van der Waals surface area contributed by atoms with Crippen LogP contribution < -0.4 is 0 Å². The number of carbonyl (C=O) groups excluding carboxylic acids is 1. The van der Waals surface area contributed by atoms with E-state index in [1.165, 1.54) is 0 Å². The van der Waals surface area contributed by atoms with Crippen LogP contribution in [0.3, 0.4) is 0 Å². The molecule has 2 heteroatoms. The zero-order valence-corrected chi connectivity index (χ0v) is 6.48. The average Bonchev–Trinajstić information content (AvgIpc) is 1.88. The van der Waals surface area contributed by atoms with Crippen molar-refractivity contribution in [3.05, 3.63) is 6.92 Å². The first-order valence-electron chi connectivity index (χ1n) is 3.13. The molecule has 10 heavy (non-hydrogen) atoms. The average molecular weight is 138 g/mol. The van der Waals surface area contributed by atoms with Crippen LogP contribution in [-0.4, -0.2) is 24.9 Å². The number of carbonyl (C=O) groups is 1. The fourth-order valence-corrected chi connectivity index (χ4v) is 0.481. The topological polar surface area (TPSA) is 20.3 Å². The van der Waals surface area contributed by atoms with Crippen molar-refractivity contribution in [3.63, 3.8) is 0 Å². The van der Waals surface area contributed by atoms with Gasteiger partial charge in [-0.3, -0.25) is 4.79 Å². The number of rotatable bonds is 2. The van der Waals surface area contributed by atoms with Crippen molar-refractivity contribution < 1.29 is 4.79 Å². The lowest BCUT2D eigenvalue weighted by atomic mass is 10.3. The Morgan fingerprint density at radius 3 is 2.60 bits per heavy atom. The minimum absolute atomic E-state index is 0.114. The van der Waals surface area contributed by atoms with E-state index in [0.717, 1.165) is 0 Å². The van der Waals surface area contributed by atoms with Gasteiger partial charge in [-0.05, 0) is 0 Å². The molecule has 0 aromatic rings. The monoisotopic (exact) mass is 138 g/mol. The van der Waals surface area contributed by atoms with E-state index in [1.54, 1.807) is 19.0 Å². The van der Waals surface area contributed by atoms with Gasteiger partial charge in [-0.2, -0.15) is 0 Å². The normalized spacial score (nSPS) is 7.90. The predicted octanol–water partition coefficient (Wildman–Crippen LogP) is 0.692. The van der Waals surface area contributed by atoms with Crippen LogP contribution >= 0.6 is 0 Å². The second-order valence-corrected chi connectivity index (χ2v) is 2.14. The molecule has 0 N–H and O–H groups in total. The molecule has 1 radical (unpaired) electrons. The maximum atomic E-state index is 10.9. The van der Waals surface area contributed by atoms with E-state index in [4.69, 9.17) is 0 Å². The highest BCUT2D eigenvalue weighted by Crippen LogP contribution is 1.90. The predicted molar refractivity (Wildman–Crippen MR) is 41.1 cm³/mol. The lowest BCUT2D eigenvalue weighted by molar-refractivity contribution is -0.128. The molecule has 0 saturated heterocycles. The molecule has 0 rings (SSSR count). The van der Waals surface area contributed by atoms with E-state index < -0.39 is 0 Å². The van der Waals surface area contributed by atoms with Gasteiger partial charge in [-0.25, -0.2) is 0 Å². The zero-order chi connectivity index (χ0) is 7.98. The number of hydrogen-bond donors (Lipinski definition) is 0. The summed E-state index contributed by atoms with van der Waals surface area (Å²) in [7, 11) is 3.47. The first kappa shape index (κ1) is 9.03. The molecule has 0 aromatic heterocycles. The Labute approximate surface area is 62.2 Å². The van der Waals surface area contributed by atoms with Crippen molar-refractivity contribution in [1.82, 2.24) is 4.90 Å². The largest absolute Gasteiger partial charge is 0.349 e. The summed E-state index contributed by atoms with van der Waals surface area (Å²) in [6, 6.07) is 0. The summed E-state index contributed by atoms with van der Waals surface area (Å²) < 4.78 is 0. The Balaban J connectivity index is 3.47. The second kappa shape index (κ2) is 4.87. The van der Waals surface area contributed by atoms with Crippen LogP contribution in [0.4, 0.5) is 0 Å². The minimum atomic E-state index is 0.114. The van der Waals surface area contributed by atoms with E-state index in [9.17, 15) is 4.79 Å². The smallest absolute Gasteiger partial charge is 0.223 e. The zero-order valence-electron chi connectivity index (χ0n) is 6.48.